The van der Waals surface area contributed by atoms with Gasteiger partial charge in [0.15, 0.2) is 0 Å². The van der Waals surface area contributed by atoms with Gasteiger partial charge in [0.1, 0.15) is 5.75 Å². The SMILES string of the molecule is CCOCCOCc1cccc(CNC(=O)Cc2ccccc2OC)c1. The van der Waals surface area contributed by atoms with Crippen molar-refractivity contribution >= 4 is 5.91 Å². The predicted octanol–water partition coefficient (Wildman–Crippen LogP) is 3.11. The Bertz CT molecular complexity index is 687. The summed E-state index contributed by atoms with van der Waals surface area (Å²) < 4.78 is 16.1. The Hall–Kier alpha value is -2.37. The summed E-state index contributed by atoms with van der Waals surface area (Å²) in [4.78, 5) is 12.2. The maximum absolute atomic E-state index is 12.2. The first kappa shape index (κ1) is 19.9. The second-order valence-electron chi connectivity index (χ2n) is 5.83. The molecule has 0 heterocycles. The molecule has 0 aliphatic rings. The van der Waals surface area contributed by atoms with E-state index in [4.69, 9.17) is 14.2 Å². The van der Waals surface area contributed by atoms with Crippen LogP contribution in [-0.4, -0.2) is 32.8 Å². The molecular weight excluding hydrogens is 330 g/mol. The topological polar surface area (TPSA) is 56.8 Å². The second kappa shape index (κ2) is 11.3. The summed E-state index contributed by atoms with van der Waals surface area (Å²) in [5.74, 6) is 0.696. The number of benzene rings is 2. The number of hydrogen-bond donors (Lipinski definition) is 1. The Balaban J connectivity index is 1.79. The number of hydrogen-bond acceptors (Lipinski definition) is 4. The molecule has 0 atom stereocenters. The van der Waals surface area contributed by atoms with E-state index in [2.05, 4.69) is 5.32 Å². The van der Waals surface area contributed by atoms with Gasteiger partial charge in [-0.2, -0.15) is 0 Å². The van der Waals surface area contributed by atoms with Crippen molar-refractivity contribution in [3.63, 3.8) is 0 Å². The van der Waals surface area contributed by atoms with Gasteiger partial charge >= 0.3 is 0 Å². The molecule has 2 rings (SSSR count). The molecule has 0 saturated heterocycles. The molecule has 1 N–H and O–H groups in total. The highest BCUT2D eigenvalue weighted by atomic mass is 16.5. The molecule has 0 aromatic heterocycles. The van der Waals surface area contributed by atoms with Gasteiger partial charge in [-0.15, -0.1) is 0 Å². The number of rotatable bonds is 11. The zero-order chi connectivity index (χ0) is 18.6. The summed E-state index contributed by atoms with van der Waals surface area (Å²) in [6.07, 6.45) is 0.296. The third kappa shape index (κ3) is 6.86. The number of carbonyl (C=O) groups excluding carboxylic acids is 1. The molecule has 26 heavy (non-hydrogen) atoms. The highest BCUT2D eigenvalue weighted by Gasteiger charge is 2.08. The van der Waals surface area contributed by atoms with E-state index in [9.17, 15) is 4.79 Å². The van der Waals surface area contributed by atoms with Gasteiger partial charge in [0.25, 0.3) is 0 Å². The van der Waals surface area contributed by atoms with E-state index in [0.717, 1.165) is 22.4 Å². The van der Waals surface area contributed by atoms with Crippen molar-refractivity contribution in [2.24, 2.45) is 0 Å². The van der Waals surface area contributed by atoms with Crippen LogP contribution in [0, 0.1) is 0 Å². The number of carbonyl (C=O) groups is 1. The number of nitrogens with one attached hydrogen (secondary N) is 1. The average molecular weight is 357 g/mol. The van der Waals surface area contributed by atoms with Crippen LogP contribution in [0.3, 0.4) is 0 Å². The lowest BCUT2D eigenvalue weighted by Crippen LogP contribution is -2.24. The fraction of sp³-hybridized carbons (Fsp3) is 0.381. The fourth-order valence-corrected chi connectivity index (χ4v) is 2.57. The molecule has 5 heteroatoms. The molecule has 2 aromatic rings. The molecule has 5 nitrogen and oxygen atoms in total. The van der Waals surface area contributed by atoms with E-state index in [0.29, 0.717) is 39.4 Å². The smallest absolute Gasteiger partial charge is 0.224 e. The maximum atomic E-state index is 12.2. The summed E-state index contributed by atoms with van der Waals surface area (Å²) >= 11 is 0. The summed E-state index contributed by atoms with van der Waals surface area (Å²) in [6, 6.07) is 15.6. The van der Waals surface area contributed by atoms with E-state index in [1.54, 1.807) is 7.11 Å². The van der Waals surface area contributed by atoms with Gasteiger partial charge in [-0.3, -0.25) is 4.79 Å². The normalized spacial score (nSPS) is 10.5. The fourth-order valence-electron chi connectivity index (χ4n) is 2.57. The molecule has 140 valence electrons. The molecule has 0 aliphatic carbocycles. The zero-order valence-electron chi connectivity index (χ0n) is 15.5. The molecule has 0 aliphatic heterocycles. The minimum Gasteiger partial charge on any atom is -0.496 e. The highest BCUT2D eigenvalue weighted by molar-refractivity contribution is 5.79. The van der Waals surface area contributed by atoms with Crippen molar-refractivity contribution in [3.8, 4) is 5.75 Å². The van der Waals surface area contributed by atoms with Crippen molar-refractivity contribution in [1.82, 2.24) is 5.32 Å². The Morgan fingerprint density at radius 1 is 1.00 bits per heavy atom. The maximum Gasteiger partial charge on any atom is 0.224 e. The van der Waals surface area contributed by atoms with Gasteiger partial charge in [-0.05, 0) is 24.1 Å². The Labute approximate surface area is 155 Å². The van der Waals surface area contributed by atoms with Gasteiger partial charge in [-0.25, -0.2) is 0 Å². The first-order valence-electron chi connectivity index (χ1n) is 8.84. The molecular formula is C21H27NO4. The largest absolute Gasteiger partial charge is 0.496 e. The summed E-state index contributed by atoms with van der Waals surface area (Å²) in [7, 11) is 1.61. The predicted molar refractivity (Wildman–Crippen MR) is 101 cm³/mol. The summed E-state index contributed by atoms with van der Waals surface area (Å²) in [6.45, 7) is 4.87. The van der Waals surface area contributed by atoms with Gasteiger partial charge in [0.2, 0.25) is 5.91 Å². The monoisotopic (exact) mass is 357 g/mol. The standard InChI is InChI=1S/C21H27NO4/c1-3-25-11-12-26-16-18-8-6-7-17(13-18)15-22-21(23)14-19-9-4-5-10-20(19)24-2/h4-10,13H,3,11-12,14-16H2,1-2H3,(H,22,23). The van der Waals surface area contributed by atoms with Gasteiger partial charge in [-0.1, -0.05) is 42.5 Å². The van der Waals surface area contributed by atoms with Crippen molar-refractivity contribution in [2.45, 2.75) is 26.5 Å². The van der Waals surface area contributed by atoms with Gasteiger partial charge in [0, 0.05) is 18.7 Å². The molecule has 2 aromatic carbocycles. The molecule has 0 radical (unpaired) electrons. The third-order valence-electron chi connectivity index (χ3n) is 3.87. The van der Waals surface area contributed by atoms with Crippen LogP contribution in [0.5, 0.6) is 5.75 Å². The molecule has 0 bridgehead atoms. The summed E-state index contributed by atoms with van der Waals surface area (Å²) in [5.41, 5.74) is 3.01. The van der Waals surface area contributed by atoms with E-state index >= 15 is 0 Å². The van der Waals surface area contributed by atoms with Crippen LogP contribution in [-0.2, 0) is 33.8 Å². The third-order valence-corrected chi connectivity index (χ3v) is 3.87. The van der Waals surface area contributed by atoms with E-state index in [-0.39, 0.29) is 5.91 Å². The second-order valence-corrected chi connectivity index (χ2v) is 5.83. The highest BCUT2D eigenvalue weighted by Crippen LogP contribution is 2.17. The lowest BCUT2D eigenvalue weighted by Gasteiger charge is -2.10. The van der Waals surface area contributed by atoms with Crippen molar-refractivity contribution in [2.75, 3.05) is 26.9 Å². The minimum atomic E-state index is -0.0344. The molecule has 0 saturated carbocycles. The Morgan fingerprint density at radius 2 is 1.77 bits per heavy atom. The van der Waals surface area contributed by atoms with Gasteiger partial charge in [0.05, 0.1) is 33.4 Å². The van der Waals surface area contributed by atoms with Crippen LogP contribution >= 0.6 is 0 Å². The van der Waals surface area contributed by atoms with Crippen molar-refractivity contribution < 1.29 is 19.0 Å². The number of para-hydroxylation sites is 1. The molecule has 0 unspecified atom stereocenters. The zero-order valence-corrected chi connectivity index (χ0v) is 15.5. The number of methoxy groups -OCH3 is 1. The molecule has 1 amide bonds. The van der Waals surface area contributed by atoms with Crippen LogP contribution in [0.4, 0.5) is 0 Å². The van der Waals surface area contributed by atoms with Crippen molar-refractivity contribution in [3.05, 3.63) is 65.2 Å². The lowest BCUT2D eigenvalue weighted by atomic mass is 10.1. The van der Waals surface area contributed by atoms with Crippen LogP contribution in [0.2, 0.25) is 0 Å². The Kier molecular flexibility index (Phi) is 8.66. The van der Waals surface area contributed by atoms with Crippen LogP contribution < -0.4 is 10.1 Å². The van der Waals surface area contributed by atoms with Gasteiger partial charge < -0.3 is 19.5 Å². The van der Waals surface area contributed by atoms with Crippen LogP contribution in [0.1, 0.15) is 23.6 Å². The number of ether oxygens (including phenoxy) is 3. The van der Waals surface area contributed by atoms with Crippen molar-refractivity contribution in [1.29, 1.82) is 0 Å². The lowest BCUT2D eigenvalue weighted by molar-refractivity contribution is -0.120. The average Bonchev–Trinajstić information content (AvgIpc) is 2.67. The molecule has 0 fully saturated rings. The van der Waals surface area contributed by atoms with E-state index in [1.165, 1.54) is 0 Å². The number of amides is 1. The minimum absolute atomic E-state index is 0.0344. The first-order chi connectivity index (χ1) is 12.7. The van der Waals surface area contributed by atoms with Crippen LogP contribution in [0.25, 0.3) is 0 Å². The quantitative estimate of drug-likeness (QED) is 0.628. The van der Waals surface area contributed by atoms with E-state index in [1.807, 2.05) is 55.5 Å². The first-order valence-corrected chi connectivity index (χ1v) is 8.84. The molecule has 0 spiro atoms. The summed E-state index contributed by atoms with van der Waals surface area (Å²) in [5, 5.41) is 2.95. The van der Waals surface area contributed by atoms with Crippen LogP contribution in [0.15, 0.2) is 48.5 Å². The van der Waals surface area contributed by atoms with E-state index < -0.39 is 0 Å². The Morgan fingerprint density at radius 3 is 2.58 bits per heavy atom.